The largest absolute Gasteiger partial charge is 0.305 e. The normalized spacial score (nSPS) is 11.1. The predicted molar refractivity (Wildman–Crippen MR) is 107 cm³/mol. The van der Waals surface area contributed by atoms with Crippen LogP contribution in [0.1, 0.15) is 35.7 Å². The van der Waals surface area contributed by atoms with Crippen LogP contribution >= 0.6 is 23.4 Å². The molecule has 0 saturated carbocycles. The molecule has 0 N–H and O–H groups in total. The molecule has 0 unspecified atom stereocenters. The molecule has 0 amide bonds. The van der Waals surface area contributed by atoms with Gasteiger partial charge in [0, 0.05) is 18.2 Å². The summed E-state index contributed by atoms with van der Waals surface area (Å²) in [4.78, 5) is 12.4. The van der Waals surface area contributed by atoms with Crippen molar-refractivity contribution in [2.24, 2.45) is 7.05 Å². The molecular formula is C20H20ClN3OS. The fraction of sp³-hybridized carbons (Fsp3) is 0.250. The van der Waals surface area contributed by atoms with Gasteiger partial charge >= 0.3 is 0 Å². The molecule has 1 heterocycles. The second-order valence-electron chi connectivity index (χ2n) is 6.33. The van der Waals surface area contributed by atoms with Gasteiger partial charge < -0.3 is 4.57 Å². The second kappa shape index (κ2) is 8.06. The van der Waals surface area contributed by atoms with Gasteiger partial charge in [0.15, 0.2) is 16.8 Å². The number of carbonyl (C=O) groups excluding carboxylic acids is 1. The molecule has 4 nitrogen and oxygen atoms in total. The van der Waals surface area contributed by atoms with E-state index in [9.17, 15) is 4.79 Å². The molecule has 3 aromatic rings. The quantitative estimate of drug-likeness (QED) is 0.430. The number of ketones is 1. The Morgan fingerprint density at radius 2 is 1.81 bits per heavy atom. The van der Waals surface area contributed by atoms with Crippen LogP contribution < -0.4 is 0 Å². The van der Waals surface area contributed by atoms with Crippen LogP contribution in [0.2, 0.25) is 5.02 Å². The summed E-state index contributed by atoms with van der Waals surface area (Å²) in [5.74, 6) is 1.53. The van der Waals surface area contributed by atoms with Crippen molar-refractivity contribution >= 4 is 29.1 Å². The summed E-state index contributed by atoms with van der Waals surface area (Å²) in [7, 11) is 1.88. The number of nitrogens with zero attached hydrogens (tertiary/aromatic N) is 3. The molecule has 0 radical (unpaired) electrons. The number of benzene rings is 2. The molecule has 0 atom stereocenters. The minimum Gasteiger partial charge on any atom is -0.305 e. The summed E-state index contributed by atoms with van der Waals surface area (Å²) in [6.07, 6.45) is 0. The lowest BCUT2D eigenvalue weighted by molar-refractivity contribution is 0.102. The highest BCUT2D eigenvalue weighted by molar-refractivity contribution is 7.99. The van der Waals surface area contributed by atoms with Crippen molar-refractivity contribution in [1.29, 1.82) is 0 Å². The van der Waals surface area contributed by atoms with Crippen LogP contribution in [0.3, 0.4) is 0 Å². The first-order chi connectivity index (χ1) is 12.5. The van der Waals surface area contributed by atoms with Gasteiger partial charge in [-0.1, -0.05) is 73.6 Å². The maximum atomic E-state index is 12.4. The fourth-order valence-electron chi connectivity index (χ4n) is 2.59. The van der Waals surface area contributed by atoms with Gasteiger partial charge in [0.1, 0.15) is 0 Å². The SMILES string of the molecule is CC(C)c1ccc(C(=O)CSc2nnc(-c3ccccc3Cl)n2C)cc1. The maximum absolute atomic E-state index is 12.4. The first-order valence-electron chi connectivity index (χ1n) is 8.37. The van der Waals surface area contributed by atoms with E-state index in [2.05, 4.69) is 24.0 Å². The molecule has 6 heteroatoms. The maximum Gasteiger partial charge on any atom is 0.191 e. The van der Waals surface area contributed by atoms with E-state index in [-0.39, 0.29) is 5.78 Å². The molecule has 134 valence electrons. The van der Waals surface area contributed by atoms with Crippen molar-refractivity contribution in [2.45, 2.75) is 24.9 Å². The summed E-state index contributed by atoms with van der Waals surface area (Å²) in [5.41, 5.74) is 2.77. The van der Waals surface area contributed by atoms with Gasteiger partial charge in [-0.15, -0.1) is 10.2 Å². The molecule has 0 spiro atoms. The number of hydrogen-bond acceptors (Lipinski definition) is 4. The van der Waals surface area contributed by atoms with Gasteiger partial charge in [0.25, 0.3) is 0 Å². The van der Waals surface area contributed by atoms with E-state index >= 15 is 0 Å². The van der Waals surface area contributed by atoms with Crippen molar-refractivity contribution in [2.75, 3.05) is 5.75 Å². The zero-order valence-corrected chi connectivity index (χ0v) is 16.5. The van der Waals surface area contributed by atoms with Crippen molar-refractivity contribution in [3.63, 3.8) is 0 Å². The Morgan fingerprint density at radius 1 is 1.12 bits per heavy atom. The summed E-state index contributed by atoms with van der Waals surface area (Å²) >= 11 is 7.62. The van der Waals surface area contributed by atoms with Crippen LogP contribution in [-0.4, -0.2) is 26.3 Å². The Balaban J connectivity index is 1.70. The molecule has 0 saturated heterocycles. The van der Waals surface area contributed by atoms with Gasteiger partial charge in [-0.25, -0.2) is 0 Å². The van der Waals surface area contributed by atoms with Crippen molar-refractivity contribution < 1.29 is 4.79 Å². The standard InChI is InChI=1S/C20H20ClN3OS/c1-13(2)14-8-10-15(11-9-14)18(25)12-26-20-23-22-19(24(20)3)16-6-4-5-7-17(16)21/h4-11,13H,12H2,1-3H3. The van der Waals surface area contributed by atoms with E-state index < -0.39 is 0 Å². The zero-order chi connectivity index (χ0) is 18.7. The first kappa shape index (κ1) is 18.7. The number of carbonyl (C=O) groups is 1. The third-order valence-corrected chi connectivity index (χ3v) is 5.53. The van der Waals surface area contributed by atoms with Crippen molar-refractivity contribution in [3.05, 3.63) is 64.7 Å². The number of thioether (sulfide) groups is 1. The smallest absolute Gasteiger partial charge is 0.191 e. The Hall–Kier alpha value is -2.11. The topological polar surface area (TPSA) is 47.8 Å². The third-order valence-electron chi connectivity index (χ3n) is 4.18. The summed E-state index contributed by atoms with van der Waals surface area (Å²) in [6.45, 7) is 4.27. The molecule has 0 fully saturated rings. The van der Waals surface area contributed by atoms with Gasteiger partial charge in [-0.3, -0.25) is 4.79 Å². The number of hydrogen-bond donors (Lipinski definition) is 0. The molecule has 3 rings (SSSR count). The molecule has 26 heavy (non-hydrogen) atoms. The Bertz CT molecular complexity index is 919. The molecular weight excluding hydrogens is 366 g/mol. The highest BCUT2D eigenvalue weighted by atomic mass is 35.5. The fourth-order valence-corrected chi connectivity index (χ4v) is 3.61. The lowest BCUT2D eigenvalue weighted by Gasteiger charge is -2.07. The van der Waals surface area contributed by atoms with E-state index in [0.29, 0.717) is 27.7 Å². The molecule has 0 bridgehead atoms. The second-order valence-corrected chi connectivity index (χ2v) is 7.68. The summed E-state index contributed by atoms with van der Waals surface area (Å²) in [6, 6.07) is 15.3. The molecule has 2 aromatic carbocycles. The van der Waals surface area contributed by atoms with Crippen molar-refractivity contribution in [3.8, 4) is 11.4 Å². The molecule has 1 aromatic heterocycles. The minimum atomic E-state index is 0.0765. The van der Waals surface area contributed by atoms with E-state index in [4.69, 9.17) is 11.6 Å². The molecule has 0 aliphatic heterocycles. The minimum absolute atomic E-state index is 0.0765. The first-order valence-corrected chi connectivity index (χ1v) is 9.74. The van der Waals surface area contributed by atoms with Crippen LogP contribution in [0.15, 0.2) is 53.7 Å². The zero-order valence-electron chi connectivity index (χ0n) is 14.9. The number of rotatable bonds is 6. The lowest BCUT2D eigenvalue weighted by atomic mass is 10.0. The van der Waals surface area contributed by atoms with Crippen LogP contribution in [-0.2, 0) is 7.05 Å². The van der Waals surface area contributed by atoms with Crippen molar-refractivity contribution in [1.82, 2.24) is 14.8 Å². The highest BCUT2D eigenvalue weighted by Gasteiger charge is 2.15. The molecule has 0 aliphatic carbocycles. The Kier molecular flexibility index (Phi) is 5.79. The van der Waals surface area contributed by atoms with Crippen LogP contribution in [0.4, 0.5) is 0 Å². The molecule has 0 aliphatic rings. The van der Waals surface area contributed by atoms with Crippen LogP contribution in [0.25, 0.3) is 11.4 Å². The van der Waals surface area contributed by atoms with E-state index in [1.807, 2.05) is 60.1 Å². The summed E-state index contributed by atoms with van der Waals surface area (Å²) in [5, 5.41) is 9.74. The van der Waals surface area contributed by atoms with Gasteiger partial charge in [0.05, 0.1) is 10.8 Å². The van der Waals surface area contributed by atoms with Gasteiger partial charge in [-0.05, 0) is 23.6 Å². The van der Waals surface area contributed by atoms with Crippen LogP contribution in [0, 0.1) is 0 Å². The van der Waals surface area contributed by atoms with Crippen LogP contribution in [0.5, 0.6) is 0 Å². The summed E-state index contributed by atoms with van der Waals surface area (Å²) < 4.78 is 1.86. The average molecular weight is 386 g/mol. The van der Waals surface area contributed by atoms with E-state index in [1.54, 1.807) is 0 Å². The average Bonchev–Trinajstić information content (AvgIpc) is 3.00. The third kappa shape index (κ3) is 4.00. The lowest BCUT2D eigenvalue weighted by Crippen LogP contribution is -2.04. The van der Waals surface area contributed by atoms with Gasteiger partial charge in [0.2, 0.25) is 0 Å². The number of Topliss-reactive ketones (excluding diaryl/α,β-unsaturated/α-hetero) is 1. The predicted octanol–water partition coefficient (Wildman–Crippen LogP) is 5.23. The van der Waals surface area contributed by atoms with Gasteiger partial charge in [-0.2, -0.15) is 0 Å². The Labute approximate surface area is 162 Å². The van der Waals surface area contributed by atoms with E-state index in [1.165, 1.54) is 17.3 Å². The number of halogens is 1. The number of aromatic nitrogens is 3. The van der Waals surface area contributed by atoms with E-state index in [0.717, 1.165) is 11.1 Å². The highest BCUT2D eigenvalue weighted by Crippen LogP contribution is 2.28. The monoisotopic (exact) mass is 385 g/mol. The Morgan fingerprint density at radius 3 is 2.46 bits per heavy atom.